The number of rotatable bonds is 5. The maximum absolute atomic E-state index is 13.7. The number of ether oxygens (including phenoxy) is 1. The second kappa shape index (κ2) is 8.46. The highest BCUT2D eigenvalue weighted by molar-refractivity contribution is 7.82. The molecule has 7 heteroatoms. The fourth-order valence-electron chi connectivity index (χ4n) is 4.92. The summed E-state index contributed by atoms with van der Waals surface area (Å²) in [6, 6.07) is 2.71. The van der Waals surface area contributed by atoms with Crippen molar-refractivity contribution in [1.82, 2.24) is 4.72 Å². The maximum Gasteiger partial charge on any atom is 0.153 e. The number of carbonyl (C=O) groups excluding carboxylic acids is 1. The van der Waals surface area contributed by atoms with Crippen molar-refractivity contribution < 1.29 is 18.1 Å². The minimum absolute atomic E-state index is 0.00214. The maximum atomic E-state index is 13.7. The van der Waals surface area contributed by atoms with Crippen LogP contribution in [0.1, 0.15) is 41.6 Å². The first-order valence-electron chi connectivity index (χ1n) is 8.98. The molecule has 1 N–H and O–H groups in total. The van der Waals surface area contributed by atoms with Crippen LogP contribution in [0, 0.1) is 29.5 Å². The first-order valence-corrected chi connectivity index (χ1v) is 10.9. The lowest BCUT2D eigenvalue weighted by molar-refractivity contribution is -0.0324. The first-order chi connectivity index (χ1) is 12.4. The van der Waals surface area contributed by atoms with E-state index in [-0.39, 0.29) is 5.56 Å². The standard InChI is InChI=1S/C17H18ClFO2.C2H7NOS/c18-15-5-12(7-20)16(19)6-13(15)8-21-17-11-2-9-1-10(4-11)14(17)3-9;1-3-5(2)4/h5-7,9-11,14,17H,1-4,8H2;3H,1-2H3. The molecule has 4 fully saturated rings. The molecule has 4 bridgehead atoms. The van der Waals surface area contributed by atoms with Crippen molar-refractivity contribution in [2.45, 2.75) is 38.4 Å². The van der Waals surface area contributed by atoms with Gasteiger partial charge in [-0.15, -0.1) is 0 Å². The Labute approximate surface area is 161 Å². The topological polar surface area (TPSA) is 55.4 Å². The van der Waals surface area contributed by atoms with Gasteiger partial charge < -0.3 is 4.74 Å². The van der Waals surface area contributed by atoms with Crippen molar-refractivity contribution >= 4 is 28.9 Å². The van der Waals surface area contributed by atoms with Gasteiger partial charge in [0.15, 0.2) is 6.29 Å². The second-order valence-electron chi connectivity index (χ2n) is 7.51. The van der Waals surface area contributed by atoms with Crippen LogP contribution in [-0.4, -0.2) is 29.9 Å². The smallest absolute Gasteiger partial charge is 0.153 e. The molecule has 0 heterocycles. The molecule has 0 radical (unpaired) electrons. The van der Waals surface area contributed by atoms with Gasteiger partial charge in [-0.25, -0.2) is 13.3 Å². The van der Waals surface area contributed by atoms with Crippen molar-refractivity contribution in [1.29, 1.82) is 0 Å². The lowest BCUT2D eigenvalue weighted by atomic mass is 9.80. The minimum Gasteiger partial charge on any atom is -0.373 e. The molecule has 5 rings (SSSR count). The molecule has 1 aromatic rings. The van der Waals surface area contributed by atoms with Gasteiger partial charge in [0.05, 0.1) is 29.3 Å². The number of halogens is 2. The monoisotopic (exact) mass is 401 g/mol. The van der Waals surface area contributed by atoms with Gasteiger partial charge in [0.1, 0.15) is 5.82 Å². The average molecular weight is 402 g/mol. The Morgan fingerprint density at radius 1 is 1.31 bits per heavy atom. The highest BCUT2D eigenvalue weighted by atomic mass is 35.5. The van der Waals surface area contributed by atoms with Gasteiger partial charge in [-0.1, -0.05) is 11.6 Å². The molecule has 4 aliphatic rings. The van der Waals surface area contributed by atoms with Crippen LogP contribution in [-0.2, 0) is 22.3 Å². The molecular formula is C19H25ClFNO3S. The Balaban J connectivity index is 0.000000349. The fourth-order valence-corrected chi connectivity index (χ4v) is 5.15. The van der Waals surface area contributed by atoms with E-state index in [0.29, 0.717) is 41.4 Å². The van der Waals surface area contributed by atoms with Crippen LogP contribution < -0.4 is 4.72 Å². The molecule has 4 saturated carbocycles. The summed E-state index contributed by atoms with van der Waals surface area (Å²) in [6.07, 6.45) is 7.67. The molecule has 1 aromatic carbocycles. The normalized spacial score (nSPS) is 32.2. The molecule has 0 amide bonds. The number of nitrogens with one attached hydrogen (secondary N) is 1. The van der Waals surface area contributed by atoms with E-state index in [9.17, 15) is 13.4 Å². The third kappa shape index (κ3) is 4.19. The lowest BCUT2D eigenvalue weighted by Gasteiger charge is -2.32. The summed E-state index contributed by atoms with van der Waals surface area (Å²) in [5, 5.41) is 0.408. The number of aldehydes is 1. The van der Waals surface area contributed by atoms with E-state index in [2.05, 4.69) is 4.72 Å². The predicted molar refractivity (Wildman–Crippen MR) is 101 cm³/mol. The molecule has 26 heavy (non-hydrogen) atoms. The Morgan fingerprint density at radius 3 is 2.62 bits per heavy atom. The quantitative estimate of drug-likeness (QED) is 0.764. The number of carbonyl (C=O) groups is 1. The summed E-state index contributed by atoms with van der Waals surface area (Å²) in [5.41, 5.74) is 0.638. The van der Waals surface area contributed by atoms with E-state index in [4.69, 9.17) is 16.3 Å². The Hall–Kier alpha value is -0.820. The third-order valence-electron chi connectivity index (χ3n) is 5.99. The van der Waals surface area contributed by atoms with Crippen LogP contribution in [0.25, 0.3) is 0 Å². The third-order valence-corrected chi connectivity index (χ3v) is 6.91. The number of hydrogen-bond acceptors (Lipinski definition) is 3. The van der Waals surface area contributed by atoms with Crippen LogP contribution in [0.15, 0.2) is 12.1 Å². The molecule has 6 unspecified atom stereocenters. The number of hydrogen-bond donors (Lipinski definition) is 1. The summed E-state index contributed by atoms with van der Waals surface area (Å²) < 4.78 is 32.1. The van der Waals surface area contributed by atoms with Crippen molar-refractivity contribution in [2.75, 3.05) is 13.3 Å². The van der Waals surface area contributed by atoms with E-state index in [0.717, 1.165) is 11.8 Å². The van der Waals surface area contributed by atoms with Gasteiger partial charge >= 0.3 is 0 Å². The highest BCUT2D eigenvalue weighted by Gasteiger charge is 2.54. The average Bonchev–Trinajstić information content (AvgIpc) is 3.03. The highest BCUT2D eigenvalue weighted by Crippen LogP contribution is 2.59. The summed E-state index contributed by atoms with van der Waals surface area (Å²) in [7, 11) is 0.826. The van der Waals surface area contributed by atoms with Crippen molar-refractivity contribution in [3.05, 3.63) is 34.1 Å². The predicted octanol–water partition coefficient (Wildman–Crippen LogP) is 3.74. The van der Waals surface area contributed by atoms with Crippen LogP contribution in [0.3, 0.4) is 0 Å². The second-order valence-corrected chi connectivity index (χ2v) is 9.23. The Kier molecular flexibility index (Phi) is 6.49. The van der Waals surface area contributed by atoms with Crippen LogP contribution >= 0.6 is 11.6 Å². The van der Waals surface area contributed by atoms with E-state index in [1.807, 2.05) is 0 Å². The molecular weight excluding hydrogens is 377 g/mol. The fraction of sp³-hybridized carbons (Fsp3) is 0.632. The zero-order chi connectivity index (χ0) is 18.8. The molecule has 144 valence electrons. The molecule has 4 aliphatic carbocycles. The molecule has 0 spiro atoms. The van der Waals surface area contributed by atoms with E-state index < -0.39 is 16.8 Å². The van der Waals surface area contributed by atoms with Gasteiger partial charge in [0.25, 0.3) is 0 Å². The van der Waals surface area contributed by atoms with Crippen LogP contribution in [0.2, 0.25) is 5.02 Å². The van der Waals surface area contributed by atoms with E-state index >= 15 is 0 Å². The molecule has 6 atom stereocenters. The van der Waals surface area contributed by atoms with Crippen molar-refractivity contribution in [2.24, 2.45) is 23.7 Å². The largest absolute Gasteiger partial charge is 0.373 e. The molecule has 0 saturated heterocycles. The van der Waals surface area contributed by atoms with Gasteiger partial charge in [0, 0.05) is 11.3 Å². The Morgan fingerprint density at radius 2 is 2.00 bits per heavy atom. The lowest BCUT2D eigenvalue weighted by Crippen LogP contribution is -2.30. The Bertz CT molecular complexity index is 698. The summed E-state index contributed by atoms with van der Waals surface area (Å²) in [6.45, 7) is 0.337. The van der Waals surface area contributed by atoms with Gasteiger partial charge in [-0.3, -0.25) is 4.79 Å². The van der Waals surface area contributed by atoms with Crippen molar-refractivity contribution in [3.63, 3.8) is 0 Å². The summed E-state index contributed by atoms with van der Waals surface area (Å²) in [4.78, 5) is 10.7. The minimum atomic E-state index is -0.823. The molecule has 0 aromatic heterocycles. The first kappa shape index (κ1) is 19.9. The zero-order valence-electron chi connectivity index (χ0n) is 15.0. The van der Waals surface area contributed by atoms with E-state index in [1.54, 1.807) is 13.3 Å². The van der Waals surface area contributed by atoms with Gasteiger partial charge in [0.2, 0.25) is 0 Å². The van der Waals surface area contributed by atoms with Gasteiger partial charge in [-0.05, 0) is 74.1 Å². The SMILES string of the molecule is CNS(C)=O.O=Cc1cc(Cl)c(COC2C3CC4CC(C3)C2C4)cc1F. The van der Waals surface area contributed by atoms with Crippen LogP contribution in [0.4, 0.5) is 4.39 Å². The molecule has 0 aliphatic heterocycles. The summed E-state index contributed by atoms with van der Waals surface area (Å²) in [5.74, 6) is 2.63. The zero-order valence-corrected chi connectivity index (χ0v) is 16.6. The summed E-state index contributed by atoms with van der Waals surface area (Å²) >= 11 is 6.12. The van der Waals surface area contributed by atoms with Crippen LogP contribution in [0.5, 0.6) is 0 Å². The van der Waals surface area contributed by atoms with Gasteiger partial charge in [-0.2, -0.15) is 0 Å². The molecule has 4 nitrogen and oxygen atoms in total. The van der Waals surface area contributed by atoms with Crippen molar-refractivity contribution in [3.8, 4) is 0 Å². The van der Waals surface area contributed by atoms with E-state index in [1.165, 1.54) is 37.8 Å². The number of benzene rings is 1.